The van der Waals surface area contributed by atoms with E-state index < -0.39 is 0 Å². The minimum Gasteiger partial charge on any atom is -0.494 e. The Morgan fingerprint density at radius 2 is 1.26 bits per heavy atom. The molecular formula is C31H43N3O5. The molecule has 5 rings (SSSR count). The van der Waals surface area contributed by atoms with Crippen LogP contribution in [0.2, 0.25) is 0 Å². The fourth-order valence-corrected chi connectivity index (χ4v) is 5.51. The van der Waals surface area contributed by atoms with Crippen molar-refractivity contribution in [3.63, 3.8) is 0 Å². The summed E-state index contributed by atoms with van der Waals surface area (Å²) in [5, 5.41) is 26.4. The average molecular weight is 538 g/mol. The monoisotopic (exact) mass is 537 g/mol. The maximum atomic E-state index is 9.62. The van der Waals surface area contributed by atoms with Crippen molar-refractivity contribution in [3.05, 3.63) is 42.5 Å². The maximum Gasteiger partial charge on any atom is 0.227 e. The summed E-state index contributed by atoms with van der Waals surface area (Å²) >= 11 is 0. The van der Waals surface area contributed by atoms with Gasteiger partial charge in [-0.1, -0.05) is 0 Å². The Morgan fingerprint density at radius 1 is 0.718 bits per heavy atom. The van der Waals surface area contributed by atoms with E-state index >= 15 is 0 Å². The molecule has 2 saturated carbocycles. The van der Waals surface area contributed by atoms with Gasteiger partial charge in [0.2, 0.25) is 5.89 Å². The fraction of sp³-hybridized carbons (Fsp3) is 0.581. The number of rotatable bonds is 13. The first-order chi connectivity index (χ1) is 19.1. The van der Waals surface area contributed by atoms with Crippen LogP contribution in [-0.4, -0.2) is 65.8 Å². The van der Waals surface area contributed by atoms with E-state index in [1.54, 1.807) is 0 Å². The topological polar surface area (TPSA) is 109 Å². The molecule has 0 amide bonds. The Morgan fingerprint density at radius 3 is 1.85 bits per heavy atom. The zero-order valence-corrected chi connectivity index (χ0v) is 22.8. The molecule has 1 aromatic heterocycles. The third kappa shape index (κ3) is 8.42. The van der Waals surface area contributed by atoms with Crippen molar-refractivity contribution in [1.29, 1.82) is 0 Å². The van der Waals surface area contributed by atoms with Gasteiger partial charge in [0.1, 0.15) is 17.0 Å². The lowest BCUT2D eigenvalue weighted by Gasteiger charge is -2.26. The predicted octanol–water partition coefficient (Wildman–Crippen LogP) is 4.82. The summed E-state index contributed by atoms with van der Waals surface area (Å²) in [7, 11) is 0. The second kappa shape index (κ2) is 14.1. The van der Waals surface area contributed by atoms with Crippen LogP contribution in [0.5, 0.6) is 11.5 Å². The molecule has 2 aromatic carbocycles. The van der Waals surface area contributed by atoms with Crippen molar-refractivity contribution in [3.8, 4) is 23.0 Å². The smallest absolute Gasteiger partial charge is 0.227 e. The summed E-state index contributed by atoms with van der Waals surface area (Å²) in [6.07, 6.45) is 9.47. The molecule has 2 aliphatic carbocycles. The molecule has 39 heavy (non-hydrogen) atoms. The standard InChI is InChI=1S/C31H43N3O5/c35-25-9-5-23(6-10-25)32-17-1-19-37-27-13-3-22(4-14-27)31-34-29-16-15-28(21-30(29)39-31)38-20-2-18-33-24-7-11-26(36)12-8-24/h3-4,13-16,21,23-26,32-33,35-36H,1-2,5-12,17-20H2. The van der Waals surface area contributed by atoms with Crippen LogP contribution in [0.25, 0.3) is 22.6 Å². The van der Waals surface area contributed by atoms with Crippen LogP contribution in [-0.2, 0) is 0 Å². The number of hydrogen-bond acceptors (Lipinski definition) is 8. The Labute approximate surface area is 231 Å². The Hall–Kier alpha value is -2.65. The zero-order valence-electron chi connectivity index (χ0n) is 22.8. The molecule has 8 nitrogen and oxygen atoms in total. The molecule has 0 unspecified atom stereocenters. The van der Waals surface area contributed by atoms with Gasteiger partial charge in [0.15, 0.2) is 5.58 Å². The van der Waals surface area contributed by atoms with E-state index in [9.17, 15) is 10.2 Å². The first kappa shape index (κ1) is 27.9. The molecule has 0 aliphatic heterocycles. The predicted molar refractivity (Wildman–Crippen MR) is 152 cm³/mol. The molecule has 212 valence electrons. The number of aromatic nitrogens is 1. The lowest BCUT2D eigenvalue weighted by Crippen LogP contribution is -2.35. The zero-order chi connectivity index (χ0) is 26.9. The lowest BCUT2D eigenvalue weighted by atomic mass is 9.93. The number of aliphatic hydroxyl groups is 2. The molecule has 0 saturated heterocycles. The summed E-state index contributed by atoms with van der Waals surface area (Å²) in [5.41, 5.74) is 2.42. The number of benzene rings is 2. The minimum atomic E-state index is -0.113. The van der Waals surface area contributed by atoms with Crippen molar-refractivity contribution in [2.75, 3.05) is 26.3 Å². The fourth-order valence-electron chi connectivity index (χ4n) is 5.51. The highest BCUT2D eigenvalue weighted by Crippen LogP contribution is 2.28. The molecule has 8 heteroatoms. The normalized spacial score (nSPS) is 23.6. The molecule has 0 spiro atoms. The van der Waals surface area contributed by atoms with Gasteiger partial charge < -0.3 is 34.7 Å². The average Bonchev–Trinajstić information content (AvgIpc) is 3.39. The third-order valence-electron chi connectivity index (χ3n) is 7.90. The van der Waals surface area contributed by atoms with Crippen LogP contribution in [0.15, 0.2) is 46.9 Å². The number of oxazole rings is 1. The van der Waals surface area contributed by atoms with Gasteiger partial charge in [-0.05, 0) is 114 Å². The van der Waals surface area contributed by atoms with E-state index in [0.717, 1.165) is 99.9 Å². The van der Waals surface area contributed by atoms with Crippen molar-refractivity contribution in [2.45, 2.75) is 88.5 Å². The summed E-state index contributed by atoms with van der Waals surface area (Å²) in [6.45, 7) is 3.14. The van der Waals surface area contributed by atoms with Gasteiger partial charge in [0.05, 0.1) is 25.4 Å². The first-order valence-corrected chi connectivity index (χ1v) is 14.7. The van der Waals surface area contributed by atoms with Crippen molar-refractivity contribution < 1.29 is 24.1 Å². The van der Waals surface area contributed by atoms with Gasteiger partial charge in [0, 0.05) is 23.7 Å². The van der Waals surface area contributed by atoms with E-state index in [1.807, 2.05) is 42.5 Å². The molecule has 2 fully saturated rings. The summed E-state index contributed by atoms with van der Waals surface area (Å²) in [4.78, 5) is 4.64. The van der Waals surface area contributed by atoms with Crippen LogP contribution in [0, 0.1) is 0 Å². The molecular weight excluding hydrogens is 494 g/mol. The Bertz CT molecular complexity index is 1130. The number of nitrogens with one attached hydrogen (secondary N) is 2. The van der Waals surface area contributed by atoms with Gasteiger partial charge >= 0.3 is 0 Å². The number of fused-ring (bicyclic) bond motifs is 1. The van der Waals surface area contributed by atoms with Gasteiger partial charge in [0.25, 0.3) is 0 Å². The van der Waals surface area contributed by atoms with Crippen LogP contribution in [0.1, 0.15) is 64.2 Å². The highest BCUT2D eigenvalue weighted by atomic mass is 16.5. The molecule has 2 aliphatic rings. The van der Waals surface area contributed by atoms with Crippen LogP contribution in [0.3, 0.4) is 0 Å². The minimum absolute atomic E-state index is 0.109. The van der Waals surface area contributed by atoms with Gasteiger partial charge in [-0.25, -0.2) is 4.98 Å². The number of nitrogens with zero attached hydrogens (tertiary/aromatic N) is 1. The lowest BCUT2D eigenvalue weighted by molar-refractivity contribution is 0.116. The number of aliphatic hydroxyl groups excluding tert-OH is 2. The second-order valence-electron chi connectivity index (χ2n) is 11.0. The van der Waals surface area contributed by atoms with Crippen LogP contribution in [0.4, 0.5) is 0 Å². The van der Waals surface area contributed by atoms with Crippen LogP contribution < -0.4 is 20.1 Å². The van der Waals surface area contributed by atoms with Gasteiger partial charge in [-0.2, -0.15) is 0 Å². The van der Waals surface area contributed by atoms with E-state index in [1.165, 1.54) is 0 Å². The highest BCUT2D eigenvalue weighted by molar-refractivity contribution is 5.77. The number of hydrogen-bond donors (Lipinski definition) is 4. The van der Waals surface area contributed by atoms with Crippen molar-refractivity contribution in [1.82, 2.24) is 15.6 Å². The third-order valence-corrected chi connectivity index (χ3v) is 7.90. The van der Waals surface area contributed by atoms with E-state index in [2.05, 4.69) is 15.6 Å². The first-order valence-electron chi connectivity index (χ1n) is 14.7. The van der Waals surface area contributed by atoms with E-state index in [-0.39, 0.29) is 12.2 Å². The van der Waals surface area contributed by atoms with Gasteiger partial charge in [-0.15, -0.1) is 0 Å². The van der Waals surface area contributed by atoms with Crippen molar-refractivity contribution >= 4 is 11.1 Å². The maximum absolute atomic E-state index is 9.62. The molecule has 1 heterocycles. The highest BCUT2D eigenvalue weighted by Gasteiger charge is 2.19. The number of ether oxygens (including phenoxy) is 2. The summed E-state index contributed by atoms with van der Waals surface area (Å²) < 4.78 is 17.9. The summed E-state index contributed by atoms with van der Waals surface area (Å²) in [5.74, 6) is 2.20. The van der Waals surface area contributed by atoms with Crippen LogP contribution >= 0.6 is 0 Å². The Kier molecular flexibility index (Phi) is 10.1. The second-order valence-corrected chi connectivity index (χ2v) is 11.0. The SMILES string of the molecule is OC1CCC(NCCCOc2ccc(-c3nc4ccc(OCCCNC5CCC(O)CC5)cc4o3)cc2)CC1. The van der Waals surface area contributed by atoms with Crippen molar-refractivity contribution in [2.24, 2.45) is 0 Å². The molecule has 0 atom stereocenters. The molecule has 4 N–H and O–H groups in total. The molecule has 3 aromatic rings. The van der Waals surface area contributed by atoms with E-state index in [4.69, 9.17) is 13.9 Å². The quantitative estimate of drug-likeness (QED) is 0.230. The summed E-state index contributed by atoms with van der Waals surface area (Å²) in [6, 6.07) is 14.7. The largest absolute Gasteiger partial charge is 0.494 e. The van der Waals surface area contributed by atoms with E-state index in [0.29, 0.717) is 36.8 Å². The van der Waals surface area contributed by atoms with Gasteiger partial charge in [-0.3, -0.25) is 0 Å². The molecule has 0 radical (unpaired) electrons. The molecule has 0 bridgehead atoms. The Balaban J connectivity index is 1.02.